The Hall–Kier alpha value is -2.21. The van der Waals surface area contributed by atoms with E-state index in [-0.39, 0.29) is 17.9 Å². The number of fused-ring (bicyclic) bond motifs is 1. The number of aryl methyl sites for hydroxylation is 2. The number of rotatable bonds is 5. The zero-order valence-electron chi connectivity index (χ0n) is 15.8. The molecule has 1 fully saturated rings. The molecule has 6 nitrogen and oxygen atoms in total. The van der Waals surface area contributed by atoms with E-state index in [0.29, 0.717) is 37.4 Å². The summed E-state index contributed by atoms with van der Waals surface area (Å²) in [6.07, 6.45) is 2.68. The van der Waals surface area contributed by atoms with E-state index in [4.69, 9.17) is 11.6 Å². The van der Waals surface area contributed by atoms with Crippen LogP contribution in [0.25, 0.3) is 11.0 Å². The summed E-state index contributed by atoms with van der Waals surface area (Å²) >= 11 is 5.62. The number of carbonyl (C=O) groups excluding carboxylic acids is 2. The van der Waals surface area contributed by atoms with Gasteiger partial charge in [-0.05, 0) is 51.3 Å². The topological polar surface area (TPSA) is 75.2 Å². The lowest BCUT2D eigenvalue weighted by atomic mass is 10.0. The highest BCUT2D eigenvalue weighted by Gasteiger charge is 2.24. The van der Waals surface area contributed by atoms with Gasteiger partial charge in [0.15, 0.2) is 0 Å². The molecule has 0 atom stereocenters. The molecule has 1 saturated heterocycles. The monoisotopic (exact) mass is 388 g/mol. The second-order valence-corrected chi connectivity index (χ2v) is 7.40. The SMILES string of the molecule is Cc1nc2ccc(C(=O)N3CCC(NC(=O)CCCCl)CC3)cc2nc1C. The summed E-state index contributed by atoms with van der Waals surface area (Å²) in [4.78, 5) is 35.6. The minimum Gasteiger partial charge on any atom is -0.353 e. The summed E-state index contributed by atoms with van der Waals surface area (Å²) in [5, 5.41) is 3.03. The van der Waals surface area contributed by atoms with Crippen LogP contribution in [0.1, 0.15) is 47.4 Å². The first-order valence-corrected chi connectivity index (χ1v) is 9.91. The van der Waals surface area contributed by atoms with Crippen LogP contribution in [0.3, 0.4) is 0 Å². The number of alkyl halides is 1. The smallest absolute Gasteiger partial charge is 0.253 e. The molecule has 0 spiro atoms. The van der Waals surface area contributed by atoms with Gasteiger partial charge in [0.2, 0.25) is 5.91 Å². The zero-order valence-corrected chi connectivity index (χ0v) is 16.6. The van der Waals surface area contributed by atoms with E-state index in [0.717, 1.165) is 35.3 Å². The molecule has 1 aromatic carbocycles. The van der Waals surface area contributed by atoms with Gasteiger partial charge in [-0.1, -0.05) is 0 Å². The molecule has 1 N–H and O–H groups in total. The standard InChI is InChI=1S/C20H25ClN4O2/c1-13-14(2)23-18-12-15(5-6-17(18)22-13)20(27)25-10-7-16(8-11-25)24-19(26)4-3-9-21/h5-6,12,16H,3-4,7-11H2,1-2H3,(H,24,26). The summed E-state index contributed by atoms with van der Waals surface area (Å²) in [5.41, 5.74) is 3.94. The van der Waals surface area contributed by atoms with E-state index < -0.39 is 0 Å². The Bertz CT molecular complexity index is 847. The average molecular weight is 389 g/mol. The van der Waals surface area contributed by atoms with Gasteiger partial charge in [0.25, 0.3) is 5.91 Å². The van der Waals surface area contributed by atoms with E-state index in [1.165, 1.54) is 0 Å². The summed E-state index contributed by atoms with van der Waals surface area (Å²) < 4.78 is 0. The van der Waals surface area contributed by atoms with Gasteiger partial charge < -0.3 is 10.2 Å². The Kier molecular flexibility index (Phi) is 6.26. The number of amides is 2. The maximum absolute atomic E-state index is 12.8. The van der Waals surface area contributed by atoms with E-state index in [9.17, 15) is 9.59 Å². The number of hydrogen-bond donors (Lipinski definition) is 1. The Morgan fingerprint density at radius 3 is 2.48 bits per heavy atom. The lowest BCUT2D eigenvalue weighted by Crippen LogP contribution is -2.46. The van der Waals surface area contributed by atoms with Gasteiger partial charge in [-0.15, -0.1) is 11.6 Å². The van der Waals surface area contributed by atoms with E-state index >= 15 is 0 Å². The molecule has 0 saturated carbocycles. The first-order valence-electron chi connectivity index (χ1n) is 9.37. The number of likely N-dealkylation sites (tertiary alicyclic amines) is 1. The summed E-state index contributed by atoms with van der Waals surface area (Å²) in [7, 11) is 0. The minimum absolute atomic E-state index is 0.00356. The fraction of sp³-hybridized carbons (Fsp3) is 0.500. The van der Waals surface area contributed by atoms with Crippen molar-refractivity contribution in [3.05, 3.63) is 35.2 Å². The summed E-state index contributed by atoms with van der Waals surface area (Å²) in [6.45, 7) is 5.12. The predicted molar refractivity (Wildman–Crippen MR) is 106 cm³/mol. The summed E-state index contributed by atoms with van der Waals surface area (Å²) in [5.74, 6) is 0.540. The quantitative estimate of drug-likeness (QED) is 0.799. The van der Waals surface area contributed by atoms with Gasteiger partial charge in [-0.2, -0.15) is 0 Å². The number of halogens is 1. The van der Waals surface area contributed by atoms with Crippen molar-refractivity contribution in [2.45, 2.75) is 45.6 Å². The molecule has 0 bridgehead atoms. The minimum atomic E-state index is 0.00356. The lowest BCUT2D eigenvalue weighted by molar-refractivity contribution is -0.122. The number of hydrogen-bond acceptors (Lipinski definition) is 4. The Labute approximate surface area is 164 Å². The molecule has 2 amide bonds. The van der Waals surface area contributed by atoms with Crippen LogP contribution in [0, 0.1) is 13.8 Å². The van der Waals surface area contributed by atoms with Crippen LogP contribution in [-0.2, 0) is 4.79 Å². The van der Waals surface area contributed by atoms with E-state index in [1.807, 2.05) is 36.9 Å². The highest BCUT2D eigenvalue weighted by atomic mass is 35.5. The molecule has 144 valence electrons. The molecular formula is C20H25ClN4O2. The van der Waals surface area contributed by atoms with Gasteiger partial charge in [0.1, 0.15) is 0 Å². The molecule has 0 radical (unpaired) electrons. The maximum atomic E-state index is 12.8. The highest BCUT2D eigenvalue weighted by molar-refractivity contribution is 6.17. The van der Waals surface area contributed by atoms with E-state index in [1.54, 1.807) is 0 Å². The highest BCUT2D eigenvalue weighted by Crippen LogP contribution is 2.18. The second-order valence-electron chi connectivity index (χ2n) is 7.02. The third-order valence-corrected chi connectivity index (χ3v) is 5.27. The number of aromatic nitrogens is 2. The van der Waals surface area contributed by atoms with Crippen molar-refractivity contribution < 1.29 is 9.59 Å². The van der Waals surface area contributed by atoms with Crippen LogP contribution in [0.4, 0.5) is 0 Å². The molecule has 7 heteroatoms. The van der Waals surface area contributed by atoms with Gasteiger partial charge in [0, 0.05) is 37.0 Å². The average Bonchev–Trinajstić information content (AvgIpc) is 2.67. The van der Waals surface area contributed by atoms with Crippen LogP contribution in [0.15, 0.2) is 18.2 Å². The Morgan fingerprint density at radius 1 is 1.15 bits per heavy atom. The van der Waals surface area contributed by atoms with Gasteiger partial charge in [0.05, 0.1) is 22.4 Å². The van der Waals surface area contributed by atoms with Crippen LogP contribution < -0.4 is 5.32 Å². The molecule has 0 aliphatic carbocycles. The van der Waals surface area contributed by atoms with Gasteiger partial charge >= 0.3 is 0 Å². The largest absolute Gasteiger partial charge is 0.353 e. The first kappa shape index (κ1) is 19.5. The summed E-state index contributed by atoms with van der Waals surface area (Å²) in [6, 6.07) is 5.61. The first-order chi connectivity index (χ1) is 13.0. The molecule has 2 heterocycles. The number of benzene rings is 1. The number of carbonyl (C=O) groups is 2. The van der Waals surface area contributed by atoms with Crippen LogP contribution in [0.2, 0.25) is 0 Å². The molecule has 1 aliphatic rings. The van der Waals surface area contributed by atoms with Crippen molar-refractivity contribution in [2.75, 3.05) is 19.0 Å². The molecule has 27 heavy (non-hydrogen) atoms. The number of piperidine rings is 1. The Balaban J connectivity index is 1.61. The molecular weight excluding hydrogens is 364 g/mol. The molecule has 2 aromatic rings. The van der Waals surface area contributed by atoms with Crippen molar-refractivity contribution in [3.8, 4) is 0 Å². The molecule has 1 aliphatic heterocycles. The lowest BCUT2D eigenvalue weighted by Gasteiger charge is -2.32. The van der Waals surface area contributed by atoms with Crippen molar-refractivity contribution in [2.24, 2.45) is 0 Å². The van der Waals surface area contributed by atoms with Gasteiger partial charge in [-0.25, -0.2) is 9.97 Å². The third-order valence-electron chi connectivity index (χ3n) is 5.01. The zero-order chi connectivity index (χ0) is 19.4. The van der Waals surface area contributed by atoms with Crippen molar-refractivity contribution >= 4 is 34.4 Å². The fourth-order valence-corrected chi connectivity index (χ4v) is 3.43. The number of nitrogens with one attached hydrogen (secondary N) is 1. The molecule has 0 unspecified atom stereocenters. The predicted octanol–water partition coefficient (Wildman–Crippen LogP) is 2.99. The van der Waals surface area contributed by atoms with Crippen LogP contribution in [0.5, 0.6) is 0 Å². The fourth-order valence-electron chi connectivity index (χ4n) is 3.30. The maximum Gasteiger partial charge on any atom is 0.253 e. The Morgan fingerprint density at radius 2 is 1.81 bits per heavy atom. The third kappa shape index (κ3) is 4.75. The van der Waals surface area contributed by atoms with Crippen molar-refractivity contribution in [3.63, 3.8) is 0 Å². The molecule has 3 rings (SSSR count). The number of nitrogens with zero attached hydrogens (tertiary/aromatic N) is 3. The van der Waals surface area contributed by atoms with Crippen LogP contribution in [-0.4, -0.2) is 51.7 Å². The van der Waals surface area contributed by atoms with Crippen molar-refractivity contribution in [1.29, 1.82) is 0 Å². The van der Waals surface area contributed by atoms with Crippen LogP contribution >= 0.6 is 11.6 Å². The van der Waals surface area contributed by atoms with E-state index in [2.05, 4.69) is 15.3 Å². The van der Waals surface area contributed by atoms with Gasteiger partial charge in [-0.3, -0.25) is 9.59 Å². The second kappa shape index (κ2) is 8.65. The molecule has 1 aromatic heterocycles. The normalized spacial score (nSPS) is 15.1. The van der Waals surface area contributed by atoms with Crippen molar-refractivity contribution in [1.82, 2.24) is 20.2 Å².